The van der Waals surface area contributed by atoms with Gasteiger partial charge in [0.15, 0.2) is 0 Å². The molecule has 1 atom stereocenters. The molecule has 1 aromatic heterocycles. The molecule has 1 fully saturated rings. The first-order chi connectivity index (χ1) is 9.47. The van der Waals surface area contributed by atoms with Crippen LogP contribution in [-0.4, -0.2) is 17.3 Å². The zero-order valence-electron chi connectivity index (χ0n) is 13.1. The summed E-state index contributed by atoms with van der Waals surface area (Å²) in [6.45, 7) is 6.26. The van der Waals surface area contributed by atoms with E-state index in [9.17, 15) is 0 Å². The second-order valence-corrected chi connectivity index (χ2v) is 6.22. The molecule has 1 aliphatic rings. The Labute approximate surface area is 121 Å². The number of ether oxygens (including phenoxy) is 1. The fraction of sp³-hybridized carbons (Fsp3) is 0.867. The van der Waals surface area contributed by atoms with Crippen molar-refractivity contribution in [3.05, 3.63) is 11.7 Å². The first kappa shape index (κ1) is 15.4. The minimum atomic E-state index is -0.501. The second-order valence-electron chi connectivity index (χ2n) is 6.22. The maximum atomic E-state index is 6.50. The Morgan fingerprint density at radius 1 is 1.40 bits per heavy atom. The van der Waals surface area contributed by atoms with E-state index in [1.54, 1.807) is 7.11 Å². The van der Waals surface area contributed by atoms with Crippen LogP contribution in [0.5, 0.6) is 0 Å². The molecule has 20 heavy (non-hydrogen) atoms. The Morgan fingerprint density at radius 2 is 2.05 bits per heavy atom. The zero-order chi connectivity index (χ0) is 14.8. The number of hydrogen-bond acceptors (Lipinski definition) is 5. The lowest BCUT2D eigenvalue weighted by Gasteiger charge is -2.33. The van der Waals surface area contributed by atoms with Crippen molar-refractivity contribution in [1.82, 2.24) is 10.1 Å². The van der Waals surface area contributed by atoms with Crippen molar-refractivity contribution < 1.29 is 9.26 Å². The van der Waals surface area contributed by atoms with Gasteiger partial charge < -0.3 is 15.0 Å². The van der Waals surface area contributed by atoms with Crippen LogP contribution in [0.1, 0.15) is 71.0 Å². The summed E-state index contributed by atoms with van der Waals surface area (Å²) in [5.41, 5.74) is 5.54. The summed E-state index contributed by atoms with van der Waals surface area (Å²) in [6.07, 6.45) is 6.13. The molecule has 114 valence electrons. The second kappa shape index (κ2) is 5.82. The fourth-order valence-electron chi connectivity index (χ4n) is 2.85. The van der Waals surface area contributed by atoms with Crippen LogP contribution in [0.4, 0.5) is 0 Å². The molecule has 0 radical (unpaired) electrons. The van der Waals surface area contributed by atoms with E-state index >= 15 is 0 Å². The van der Waals surface area contributed by atoms with Crippen molar-refractivity contribution in [3.8, 4) is 0 Å². The monoisotopic (exact) mass is 281 g/mol. The number of nitrogens with zero attached hydrogens (tertiary/aromatic N) is 2. The zero-order valence-corrected chi connectivity index (χ0v) is 13.1. The first-order valence-corrected chi connectivity index (χ1v) is 7.66. The van der Waals surface area contributed by atoms with Gasteiger partial charge in [-0.25, -0.2) is 0 Å². The molecule has 1 saturated carbocycles. The maximum Gasteiger partial charge on any atom is 0.246 e. The molecule has 1 heterocycles. The number of aromatic nitrogens is 2. The highest BCUT2D eigenvalue weighted by Gasteiger charge is 2.39. The average molecular weight is 281 g/mol. The number of rotatable bonds is 5. The third-order valence-electron chi connectivity index (χ3n) is 5.02. The highest BCUT2D eigenvalue weighted by molar-refractivity contribution is 5.07. The predicted molar refractivity (Wildman–Crippen MR) is 77.1 cm³/mol. The van der Waals surface area contributed by atoms with Gasteiger partial charge in [-0.2, -0.15) is 4.98 Å². The minimum Gasteiger partial charge on any atom is -0.370 e. The average Bonchev–Trinajstić information content (AvgIpc) is 2.98. The SMILES string of the molecule is CCC1CCC(N)(c2nc(C(C)(CC)OC)no2)CC1. The van der Waals surface area contributed by atoms with E-state index in [2.05, 4.69) is 17.1 Å². The molecule has 1 aromatic rings. The van der Waals surface area contributed by atoms with Crippen LogP contribution in [0.2, 0.25) is 0 Å². The molecule has 0 saturated heterocycles. The van der Waals surface area contributed by atoms with Gasteiger partial charge in [0.25, 0.3) is 0 Å². The Hall–Kier alpha value is -0.940. The third-order valence-corrected chi connectivity index (χ3v) is 5.02. The van der Waals surface area contributed by atoms with E-state index in [0.29, 0.717) is 11.7 Å². The summed E-state index contributed by atoms with van der Waals surface area (Å²) in [4.78, 5) is 4.54. The van der Waals surface area contributed by atoms with E-state index < -0.39 is 11.1 Å². The summed E-state index contributed by atoms with van der Waals surface area (Å²) < 4.78 is 11.0. The van der Waals surface area contributed by atoms with Crippen molar-refractivity contribution in [3.63, 3.8) is 0 Å². The van der Waals surface area contributed by atoms with E-state index in [4.69, 9.17) is 15.0 Å². The lowest BCUT2D eigenvalue weighted by molar-refractivity contribution is -0.0106. The quantitative estimate of drug-likeness (QED) is 0.897. The summed E-state index contributed by atoms with van der Waals surface area (Å²) in [5.74, 6) is 1.95. The lowest BCUT2D eigenvalue weighted by atomic mass is 9.76. The number of nitrogens with two attached hydrogens (primary N) is 1. The van der Waals surface area contributed by atoms with E-state index in [1.807, 2.05) is 13.8 Å². The molecular weight excluding hydrogens is 254 g/mol. The lowest BCUT2D eigenvalue weighted by Crippen LogP contribution is -2.41. The minimum absolute atomic E-state index is 0.459. The molecule has 1 unspecified atom stereocenters. The summed E-state index contributed by atoms with van der Waals surface area (Å²) in [7, 11) is 1.67. The third kappa shape index (κ3) is 2.74. The molecule has 2 rings (SSSR count). The Balaban J connectivity index is 2.16. The summed E-state index contributed by atoms with van der Waals surface area (Å²) in [5, 5.41) is 4.10. The van der Waals surface area contributed by atoms with Crippen LogP contribution >= 0.6 is 0 Å². The Morgan fingerprint density at radius 3 is 2.55 bits per heavy atom. The standard InChI is InChI=1S/C15H27N3O2/c1-5-11-7-9-15(16,10-8-11)13-17-12(18-20-13)14(3,6-2)19-4/h11H,5-10,16H2,1-4H3. The highest BCUT2D eigenvalue weighted by Crippen LogP contribution is 2.38. The van der Waals surface area contributed by atoms with Crippen LogP contribution in [0.3, 0.4) is 0 Å². The van der Waals surface area contributed by atoms with Gasteiger partial charge in [0.1, 0.15) is 5.60 Å². The molecule has 0 amide bonds. The van der Waals surface area contributed by atoms with Crippen LogP contribution in [-0.2, 0) is 15.9 Å². The predicted octanol–water partition coefficient (Wildman–Crippen LogP) is 3.10. The molecule has 5 nitrogen and oxygen atoms in total. The van der Waals surface area contributed by atoms with Gasteiger partial charge in [-0.3, -0.25) is 0 Å². The van der Waals surface area contributed by atoms with Crippen LogP contribution in [0.15, 0.2) is 4.52 Å². The van der Waals surface area contributed by atoms with Crippen molar-refractivity contribution in [2.24, 2.45) is 11.7 Å². The van der Waals surface area contributed by atoms with Gasteiger partial charge in [-0.1, -0.05) is 25.4 Å². The maximum absolute atomic E-state index is 6.50. The smallest absolute Gasteiger partial charge is 0.246 e. The van der Waals surface area contributed by atoms with Crippen LogP contribution < -0.4 is 5.73 Å². The van der Waals surface area contributed by atoms with Gasteiger partial charge in [-0.15, -0.1) is 0 Å². The van der Waals surface area contributed by atoms with E-state index in [0.717, 1.165) is 38.0 Å². The number of hydrogen-bond donors (Lipinski definition) is 1. The van der Waals surface area contributed by atoms with Crippen molar-refractivity contribution in [1.29, 1.82) is 0 Å². The normalized spacial score (nSPS) is 30.1. The van der Waals surface area contributed by atoms with E-state index in [-0.39, 0.29) is 0 Å². The number of methoxy groups -OCH3 is 1. The molecule has 2 N–H and O–H groups in total. The summed E-state index contributed by atoms with van der Waals surface area (Å²) >= 11 is 0. The molecule has 0 aliphatic heterocycles. The van der Waals surface area contributed by atoms with Crippen LogP contribution in [0, 0.1) is 5.92 Å². The highest BCUT2D eigenvalue weighted by atomic mass is 16.5. The van der Waals surface area contributed by atoms with Crippen molar-refractivity contribution >= 4 is 0 Å². The van der Waals surface area contributed by atoms with Crippen molar-refractivity contribution in [2.45, 2.75) is 70.4 Å². The molecular formula is C15H27N3O2. The van der Waals surface area contributed by atoms with Gasteiger partial charge in [0.2, 0.25) is 11.7 Å². The van der Waals surface area contributed by atoms with Gasteiger partial charge in [0, 0.05) is 7.11 Å². The van der Waals surface area contributed by atoms with Crippen molar-refractivity contribution in [2.75, 3.05) is 7.11 Å². The topological polar surface area (TPSA) is 74.2 Å². The van der Waals surface area contributed by atoms with Gasteiger partial charge in [-0.05, 0) is 44.9 Å². The molecule has 0 spiro atoms. The molecule has 0 aromatic carbocycles. The molecule has 1 aliphatic carbocycles. The van der Waals surface area contributed by atoms with Crippen LogP contribution in [0.25, 0.3) is 0 Å². The first-order valence-electron chi connectivity index (χ1n) is 7.66. The Kier molecular flexibility index (Phi) is 4.49. The van der Waals surface area contributed by atoms with Gasteiger partial charge in [0.05, 0.1) is 5.54 Å². The van der Waals surface area contributed by atoms with Gasteiger partial charge >= 0.3 is 0 Å². The fourth-order valence-corrected chi connectivity index (χ4v) is 2.85. The Bertz CT molecular complexity index is 432. The van der Waals surface area contributed by atoms with E-state index in [1.165, 1.54) is 6.42 Å². The molecule has 0 bridgehead atoms. The largest absolute Gasteiger partial charge is 0.370 e. The summed E-state index contributed by atoms with van der Waals surface area (Å²) in [6, 6.07) is 0. The molecule has 5 heteroatoms.